The first kappa shape index (κ1) is 21.0. The Morgan fingerprint density at radius 1 is 1.48 bits per heavy atom. The molecule has 5 N–H and O–H groups in total. The lowest BCUT2D eigenvalue weighted by Gasteiger charge is -2.15. The van der Waals surface area contributed by atoms with Crippen molar-refractivity contribution in [3.8, 4) is 0 Å². The van der Waals surface area contributed by atoms with Gasteiger partial charge in [0.1, 0.15) is 6.04 Å². The van der Waals surface area contributed by atoms with Crippen LogP contribution in [0.2, 0.25) is 0 Å². The molecule has 1 aromatic rings. The first-order valence-corrected chi connectivity index (χ1v) is 9.13. The second-order valence-electron chi connectivity index (χ2n) is 4.01. The second kappa shape index (κ2) is 11.6. The van der Waals surface area contributed by atoms with Gasteiger partial charge >= 0.3 is 5.97 Å². The molecule has 0 aromatic heterocycles. The molecule has 0 radical (unpaired) electrons. The van der Waals surface area contributed by atoms with Crippen LogP contribution in [0.1, 0.15) is 12.0 Å². The number of carboxylic acids is 1. The monoisotopic (exact) mass is 462 g/mol. The van der Waals surface area contributed by atoms with E-state index in [-0.39, 0.29) is 0 Å². The van der Waals surface area contributed by atoms with E-state index in [1.165, 1.54) is 0 Å². The molecule has 0 aliphatic rings. The fourth-order valence-electron chi connectivity index (χ4n) is 1.57. The van der Waals surface area contributed by atoms with Gasteiger partial charge in [0.05, 0.1) is 17.6 Å². The smallest absolute Gasteiger partial charge is 0.320 e. The van der Waals surface area contributed by atoms with Crippen LogP contribution in [0.3, 0.4) is 0 Å². The van der Waals surface area contributed by atoms with E-state index in [1.54, 1.807) is 11.8 Å². The minimum atomic E-state index is -0.832. The number of nitrogen functional groups attached to an aromatic ring is 1. The van der Waals surface area contributed by atoms with Gasteiger partial charge in [-0.2, -0.15) is 11.8 Å². The molecule has 0 fully saturated rings. The van der Waals surface area contributed by atoms with E-state index in [0.29, 0.717) is 18.7 Å². The van der Waals surface area contributed by atoms with Gasteiger partial charge in [-0.25, -0.2) is 0 Å². The average molecular weight is 465 g/mol. The number of nitrogens with two attached hydrogens (primary N) is 1. The lowest BCUT2D eigenvalue weighted by atomic mass is 10.1. The first-order chi connectivity index (χ1) is 9.95. The van der Waals surface area contributed by atoms with Crippen molar-refractivity contribution >= 4 is 67.1 Å². The molecule has 0 saturated heterocycles. The molecule has 0 aliphatic carbocycles. The van der Waals surface area contributed by atoms with E-state index < -0.39 is 12.0 Å². The molecule has 0 heterocycles. The van der Waals surface area contributed by atoms with E-state index in [2.05, 4.69) is 49.0 Å². The molecular formula is C12H17Br2ClN2O3S. The van der Waals surface area contributed by atoms with Crippen LogP contribution in [0.15, 0.2) is 21.1 Å². The molecule has 0 unspecified atom stereocenters. The average Bonchev–Trinajstić information content (AvgIpc) is 2.45. The van der Waals surface area contributed by atoms with E-state index in [0.717, 1.165) is 20.3 Å². The van der Waals surface area contributed by atoms with Crippen molar-refractivity contribution in [3.05, 3.63) is 26.6 Å². The molecule has 1 atom stereocenters. The van der Waals surface area contributed by atoms with Crippen LogP contribution in [0.25, 0.3) is 0 Å². The molecule has 9 heteroatoms. The summed E-state index contributed by atoms with van der Waals surface area (Å²) < 4.78 is 8.18. The van der Waals surface area contributed by atoms with Gasteiger partial charge < -0.3 is 16.2 Å². The maximum atomic E-state index is 11.1. The number of benzene rings is 1. The number of nitrogens with one attached hydrogen (secondary N) is 1. The van der Waals surface area contributed by atoms with Crippen LogP contribution in [0.5, 0.6) is 0 Å². The first-order valence-electron chi connectivity index (χ1n) is 5.81. The number of thioether (sulfide) groups is 1. The zero-order valence-corrected chi connectivity index (χ0v) is 16.0. The quantitative estimate of drug-likeness (QED) is 0.463. The number of anilines is 1. The van der Waals surface area contributed by atoms with Gasteiger partial charge in [-0.05, 0) is 52.1 Å². The highest BCUT2D eigenvalue weighted by atomic mass is 79.9. The lowest BCUT2D eigenvalue weighted by Crippen LogP contribution is -2.36. The van der Waals surface area contributed by atoms with Crippen LogP contribution < -0.4 is 11.1 Å². The maximum Gasteiger partial charge on any atom is 0.320 e. The summed E-state index contributed by atoms with van der Waals surface area (Å²) in [5, 5.41) is 12.2. The van der Waals surface area contributed by atoms with Crippen molar-refractivity contribution in [2.45, 2.75) is 19.0 Å². The van der Waals surface area contributed by atoms with Crippen molar-refractivity contribution < 1.29 is 14.6 Å². The molecule has 1 aromatic carbocycles. The van der Waals surface area contributed by atoms with Crippen molar-refractivity contribution in [1.29, 1.82) is 0 Å². The van der Waals surface area contributed by atoms with E-state index in [4.69, 9.17) is 15.5 Å². The highest BCUT2D eigenvalue weighted by molar-refractivity contribution is 9.11. The van der Waals surface area contributed by atoms with Crippen LogP contribution in [-0.4, -0.2) is 33.8 Å². The number of carbonyl (C=O) groups is 1. The predicted octanol–water partition coefficient (Wildman–Crippen LogP) is 3.22. The van der Waals surface area contributed by atoms with E-state index >= 15 is 0 Å². The van der Waals surface area contributed by atoms with Gasteiger partial charge in [-0.1, -0.05) is 15.9 Å². The third kappa shape index (κ3) is 7.71. The summed E-state index contributed by atoms with van der Waals surface area (Å²) in [4.78, 5) is 11.1. The summed E-state index contributed by atoms with van der Waals surface area (Å²) in [5.41, 5.74) is 7.46. The molecule has 120 valence electrons. The predicted molar refractivity (Wildman–Crippen MR) is 95.6 cm³/mol. The van der Waals surface area contributed by atoms with E-state index in [1.807, 2.05) is 18.4 Å². The Hall–Kier alpha value is 0.01000. The summed E-state index contributed by atoms with van der Waals surface area (Å²) in [6, 6.07) is 3.20. The van der Waals surface area contributed by atoms with Crippen molar-refractivity contribution in [3.63, 3.8) is 0 Å². The Labute approximate surface area is 150 Å². The third-order valence-corrected chi connectivity index (χ3v) is 4.39. The molecule has 0 aliphatic heterocycles. The standard InChI is InChI=1S/C12H16Br2N2O2S.ClHO/c1-19-3-2-10(12(17)18)16-6-7-4-8(13)5-9(14)11(7)15;1-2/h4-5,10,16H,2-3,6,15H2,1H3,(H,17,18);2H/t10-;/m0./s1. The number of hydrogen-bond acceptors (Lipinski definition) is 5. The Bertz CT molecular complexity index is 466. The number of carboxylic acid groups (broad SMARTS) is 1. The second-order valence-corrected chi connectivity index (χ2v) is 6.77. The fourth-order valence-corrected chi connectivity index (χ4v) is 3.35. The summed E-state index contributed by atoms with van der Waals surface area (Å²) in [5.74, 6) is -0.0246. The normalized spacial score (nSPS) is 11.5. The Morgan fingerprint density at radius 3 is 2.62 bits per heavy atom. The van der Waals surface area contributed by atoms with Gasteiger partial charge in [0.15, 0.2) is 0 Å². The topological polar surface area (TPSA) is 95.6 Å². The number of hydrogen-bond donors (Lipinski definition) is 4. The van der Waals surface area contributed by atoms with Crippen LogP contribution >= 0.6 is 55.5 Å². The molecule has 0 bridgehead atoms. The molecule has 1 rings (SSSR count). The van der Waals surface area contributed by atoms with Crippen LogP contribution in [0.4, 0.5) is 5.69 Å². The van der Waals surface area contributed by atoms with Gasteiger partial charge in [-0.3, -0.25) is 9.45 Å². The zero-order valence-electron chi connectivity index (χ0n) is 11.3. The van der Waals surface area contributed by atoms with E-state index in [9.17, 15) is 4.79 Å². The summed E-state index contributed by atoms with van der Waals surface area (Å²) in [6.07, 6.45) is 2.55. The molecule has 0 saturated carbocycles. The van der Waals surface area contributed by atoms with Gasteiger partial charge in [0.25, 0.3) is 0 Å². The van der Waals surface area contributed by atoms with Crippen LogP contribution in [0, 0.1) is 0 Å². The molecule has 0 amide bonds. The largest absolute Gasteiger partial charge is 0.480 e. The summed E-state index contributed by atoms with van der Waals surface area (Å²) >= 11 is 12.0. The van der Waals surface area contributed by atoms with Crippen molar-refractivity contribution in [2.24, 2.45) is 0 Å². The number of aliphatic carboxylic acids is 1. The van der Waals surface area contributed by atoms with Crippen molar-refractivity contribution in [2.75, 3.05) is 17.7 Å². The SMILES string of the molecule is CSCC[C@H](NCc1cc(Br)cc(Br)c1N)C(=O)O.OCl. The highest BCUT2D eigenvalue weighted by Gasteiger charge is 2.16. The van der Waals surface area contributed by atoms with Gasteiger partial charge in [-0.15, -0.1) is 0 Å². The maximum absolute atomic E-state index is 11.1. The molecular weight excluding hydrogens is 447 g/mol. The summed E-state index contributed by atoms with van der Waals surface area (Å²) in [6.45, 7) is 0.426. The molecule has 0 spiro atoms. The highest BCUT2D eigenvalue weighted by Crippen LogP contribution is 2.28. The van der Waals surface area contributed by atoms with Gasteiger partial charge in [0, 0.05) is 15.5 Å². The van der Waals surface area contributed by atoms with Crippen LogP contribution in [-0.2, 0) is 11.3 Å². The van der Waals surface area contributed by atoms with Crippen molar-refractivity contribution in [1.82, 2.24) is 5.32 Å². The Balaban J connectivity index is 0.00000191. The molecule has 5 nitrogen and oxygen atoms in total. The Morgan fingerprint density at radius 2 is 2.10 bits per heavy atom. The number of halogens is 3. The Kier molecular flexibility index (Phi) is 11.6. The molecule has 21 heavy (non-hydrogen) atoms. The zero-order chi connectivity index (χ0) is 16.4. The minimum Gasteiger partial charge on any atom is -0.480 e. The third-order valence-electron chi connectivity index (χ3n) is 2.63. The number of rotatable bonds is 7. The van der Waals surface area contributed by atoms with Gasteiger partial charge in [0.2, 0.25) is 0 Å². The minimum absolute atomic E-state index is 0.426. The summed E-state index contributed by atoms with van der Waals surface area (Å²) in [7, 11) is 0. The fraction of sp³-hybridized carbons (Fsp3) is 0.417. The lowest BCUT2D eigenvalue weighted by molar-refractivity contribution is -0.139.